The van der Waals surface area contributed by atoms with Crippen molar-refractivity contribution >= 4 is 16.7 Å². The first-order valence-corrected chi connectivity index (χ1v) is 7.76. The lowest BCUT2D eigenvalue weighted by molar-refractivity contribution is 0.0943. The molecular formula is C14H17FN2O2S. The van der Waals surface area contributed by atoms with Crippen molar-refractivity contribution in [1.82, 2.24) is 5.32 Å². The molecule has 3 N–H and O–H groups in total. The van der Waals surface area contributed by atoms with Gasteiger partial charge in [-0.2, -0.15) is 0 Å². The number of hydrogen-bond acceptors (Lipinski definition) is 3. The van der Waals surface area contributed by atoms with Gasteiger partial charge in [0.25, 0.3) is 5.91 Å². The zero-order chi connectivity index (χ0) is 15.1. The predicted octanol–water partition coefficient (Wildman–Crippen LogP) is 0.633. The van der Waals surface area contributed by atoms with E-state index in [4.69, 9.17) is 5.73 Å². The van der Waals surface area contributed by atoms with Crippen LogP contribution in [0.4, 0.5) is 4.39 Å². The third-order valence-corrected chi connectivity index (χ3v) is 3.39. The molecule has 0 heterocycles. The molecule has 108 valence electrons. The monoisotopic (exact) mass is 296 g/mol. The molecule has 0 saturated heterocycles. The molecule has 0 aliphatic carbocycles. The van der Waals surface area contributed by atoms with Gasteiger partial charge in [0.15, 0.2) is 0 Å². The van der Waals surface area contributed by atoms with Crippen LogP contribution in [-0.2, 0) is 10.8 Å². The van der Waals surface area contributed by atoms with Gasteiger partial charge in [-0.15, -0.1) is 0 Å². The van der Waals surface area contributed by atoms with E-state index in [0.29, 0.717) is 5.75 Å². The normalized spacial score (nSPS) is 13.0. The standard InChI is InChI=1S/C14H17FN2O2S/c1-10(9-20(2)19)17-14(18)12-6-5-11(4-3-7-16)13(15)8-12/h5-6,8,10H,7,9,16H2,1-2H3,(H,17,18). The van der Waals surface area contributed by atoms with E-state index in [0.717, 1.165) is 6.07 Å². The molecule has 1 aromatic rings. The van der Waals surface area contributed by atoms with Gasteiger partial charge >= 0.3 is 0 Å². The molecule has 6 heteroatoms. The highest BCUT2D eigenvalue weighted by Gasteiger charge is 2.12. The topological polar surface area (TPSA) is 72.2 Å². The van der Waals surface area contributed by atoms with Crippen molar-refractivity contribution in [2.75, 3.05) is 18.6 Å². The van der Waals surface area contributed by atoms with Gasteiger partial charge in [-0.1, -0.05) is 11.8 Å². The number of carbonyl (C=O) groups is 1. The molecule has 0 saturated carbocycles. The maximum atomic E-state index is 13.7. The third-order valence-electron chi connectivity index (χ3n) is 2.42. The Kier molecular flexibility index (Phi) is 6.36. The number of benzene rings is 1. The van der Waals surface area contributed by atoms with Gasteiger partial charge in [-0.3, -0.25) is 9.00 Å². The Bertz CT molecular complexity index is 578. The molecule has 1 amide bonds. The van der Waals surface area contributed by atoms with Crippen LogP contribution in [0.3, 0.4) is 0 Å². The molecular weight excluding hydrogens is 279 g/mol. The minimum atomic E-state index is -0.999. The van der Waals surface area contributed by atoms with Crippen LogP contribution in [-0.4, -0.2) is 34.7 Å². The average Bonchev–Trinajstić information content (AvgIpc) is 2.36. The molecule has 0 spiro atoms. The summed E-state index contributed by atoms with van der Waals surface area (Å²) in [5.74, 6) is 4.52. The molecule has 0 aliphatic heterocycles. The number of nitrogens with one attached hydrogen (secondary N) is 1. The van der Waals surface area contributed by atoms with Crippen LogP contribution in [0.15, 0.2) is 18.2 Å². The van der Waals surface area contributed by atoms with Crippen molar-refractivity contribution in [1.29, 1.82) is 0 Å². The van der Waals surface area contributed by atoms with Crippen molar-refractivity contribution in [3.63, 3.8) is 0 Å². The molecule has 0 fully saturated rings. The number of hydrogen-bond donors (Lipinski definition) is 2. The fourth-order valence-electron chi connectivity index (χ4n) is 1.60. The lowest BCUT2D eigenvalue weighted by Crippen LogP contribution is -2.36. The summed E-state index contributed by atoms with van der Waals surface area (Å²) in [5, 5.41) is 2.66. The molecule has 0 bridgehead atoms. The van der Waals surface area contributed by atoms with E-state index in [1.165, 1.54) is 12.1 Å². The van der Waals surface area contributed by atoms with Gasteiger partial charge in [0.2, 0.25) is 0 Å². The molecule has 0 radical (unpaired) electrons. The summed E-state index contributed by atoms with van der Waals surface area (Å²) in [7, 11) is -0.999. The van der Waals surface area contributed by atoms with E-state index in [-0.39, 0.29) is 23.7 Å². The van der Waals surface area contributed by atoms with Gasteiger partial charge in [0.1, 0.15) is 5.82 Å². The van der Waals surface area contributed by atoms with Crippen LogP contribution in [0.1, 0.15) is 22.8 Å². The molecule has 4 nitrogen and oxygen atoms in total. The van der Waals surface area contributed by atoms with E-state index >= 15 is 0 Å². The summed E-state index contributed by atoms with van der Waals surface area (Å²) < 4.78 is 24.8. The number of carbonyl (C=O) groups excluding carboxylic acids is 1. The van der Waals surface area contributed by atoms with Crippen LogP contribution in [0, 0.1) is 17.7 Å². The van der Waals surface area contributed by atoms with Gasteiger partial charge in [0, 0.05) is 34.4 Å². The highest BCUT2D eigenvalue weighted by atomic mass is 32.2. The fraction of sp³-hybridized carbons (Fsp3) is 0.357. The minimum Gasteiger partial charge on any atom is -0.349 e. The van der Waals surface area contributed by atoms with Crippen molar-refractivity contribution in [3.05, 3.63) is 35.1 Å². The van der Waals surface area contributed by atoms with Gasteiger partial charge in [-0.05, 0) is 25.1 Å². The highest BCUT2D eigenvalue weighted by molar-refractivity contribution is 7.84. The van der Waals surface area contributed by atoms with Crippen molar-refractivity contribution in [2.24, 2.45) is 5.73 Å². The molecule has 0 aliphatic rings. The Morgan fingerprint density at radius 1 is 1.55 bits per heavy atom. The Hall–Kier alpha value is -1.71. The van der Waals surface area contributed by atoms with Crippen LogP contribution < -0.4 is 11.1 Å². The third kappa shape index (κ3) is 5.11. The lowest BCUT2D eigenvalue weighted by atomic mass is 10.1. The second-order valence-electron chi connectivity index (χ2n) is 4.31. The zero-order valence-electron chi connectivity index (χ0n) is 11.4. The van der Waals surface area contributed by atoms with Crippen molar-refractivity contribution < 1.29 is 13.4 Å². The number of rotatable bonds is 4. The van der Waals surface area contributed by atoms with E-state index in [9.17, 15) is 13.4 Å². The maximum Gasteiger partial charge on any atom is 0.251 e. The van der Waals surface area contributed by atoms with E-state index < -0.39 is 22.5 Å². The second-order valence-corrected chi connectivity index (χ2v) is 5.79. The van der Waals surface area contributed by atoms with Gasteiger partial charge in [0.05, 0.1) is 12.1 Å². The maximum absolute atomic E-state index is 13.7. The Morgan fingerprint density at radius 3 is 2.80 bits per heavy atom. The molecule has 1 aromatic carbocycles. The van der Waals surface area contributed by atoms with Gasteiger partial charge < -0.3 is 11.1 Å². The summed E-state index contributed by atoms with van der Waals surface area (Å²) >= 11 is 0. The van der Waals surface area contributed by atoms with Crippen LogP contribution >= 0.6 is 0 Å². The fourth-order valence-corrected chi connectivity index (χ4v) is 2.39. The highest BCUT2D eigenvalue weighted by Crippen LogP contribution is 2.09. The first kappa shape index (κ1) is 16.3. The largest absolute Gasteiger partial charge is 0.349 e. The smallest absolute Gasteiger partial charge is 0.251 e. The van der Waals surface area contributed by atoms with E-state index in [2.05, 4.69) is 17.2 Å². The van der Waals surface area contributed by atoms with Crippen molar-refractivity contribution in [2.45, 2.75) is 13.0 Å². The van der Waals surface area contributed by atoms with Crippen LogP contribution in [0.25, 0.3) is 0 Å². The Morgan fingerprint density at radius 2 is 2.25 bits per heavy atom. The summed E-state index contributed by atoms with van der Waals surface area (Å²) in [6, 6.07) is 3.82. The quantitative estimate of drug-likeness (QED) is 0.801. The SMILES string of the molecule is CC(CS(C)=O)NC(=O)c1ccc(C#CCN)c(F)c1. The lowest BCUT2D eigenvalue weighted by Gasteiger charge is -2.12. The molecule has 2 atom stereocenters. The Labute approximate surface area is 120 Å². The zero-order valence-corrected chi connectivity index (χ0v) is 12.2. The van der Waals surface area contributed by atoms with Crippen LogP contribution in [0.2, 0.25) is 0 Å². The minimum absolute atomic E-state index is 0.146. The van der Waals surface area contributed by atoms with Crippen LogP contribution in [0.5, 0.6) is 0 Å². The van der Waals surface area contributed by atoms with Crippen molar-refractivity contribution in [3.8, 4) is 11.8 Å². The summed E-state index contributed by atoms with van der Waals surface area (Å²) in [6.45, 7) is 1.89. The van der Waals surface area contributed by atoms with E-state index in [1.807, 2.05) is 0 Å². The summed E-state index contributed by atoms with van der Waals surface area (Å²) in [5.41, 5.74) is 5.62. The number of halogens is 1. The molecule has 0 aromatic heterocycles. The average molecular weight is 296 g/mol. The molecule has 20 heavy (non-hydrogen) atoms. The molecule has 2 unspecified atom stereocenters. The van der Waals surface area contributed by atoms with Gasteiger partial charge in [-0.25, -0.2) is 4.39 Å². The predicted molar refractivity (Wildman–Crippen MR) is 78.2 cm³/mol. The summed E-state index contributed by atoms with van der Waals surface area (Å²) in [4.78, 5) is 11.9. The van der Waals surface area contributed by atoms with E-state index in [1.54, 1.807) is 13.2 Å². The second kappa shape index (κ2) is 7.78. The first-order valence-electron chi connectivity index (χ1n) is 6.03. The number of nitrogens with two attached hydrogens (primary N) is 1. The Balaban J connectivity index is 2.79. The first-order chi connectivity index (χ1) is 9.43. The summed E-state index contributed by atoms with van der Waals surface area (Å²) in [6.07, 6.45) is 1.56. The number of amides is 1. The molecule has 1 rings (SSSR count).